The number of alkyl carbamates (subject to hydrolysis) is 1. The molecule has 2 heterocycles. The topological polar surface area (TPSA) is 225 Å². The number of hydrogen-bond donors (Lipinski definition) is 4. The molecule has 0 atom stereocenters. The number of H-pyrrole nitrogens is 1. The quantitative estimate of drug-likeness (QED) is 0.0511. The van der Waals surface area contributed by atoms with Gasteiger partial charge in [0.1, 0.15) is 19.7 Å². The Morgan fingerprint density at radius 1 is 0.885 bits per heavy atom. The summed E-state index contributed by atoms with van der Waals surface area (Å²) in [6.07, 6.45) is 0.951. The molecule has 19 heteroatoms. The SMILES string of the molecule is CCOC(=O)CN(CCNC(=O)OCC1c2ccccc2-c2ccccc21)C(=O)Cn1cnc2c(=O)[nH]c(NCCCNC(=O)CCP(=O)(OC(C)(C)C)OC(C)(C)C)nc21. The van der Waals surface area contributed by atoms with Gasteiger partial charge in [-0.15, -0.1) is 0 Å². The number of imidazole rings is 1. The van der Waals surface area contributed by atoms with Gasteiger partial charge in [-0.1, -0.05) is 48.5 Å². The molecule has 330 valence electrons. The fraction of sp³-hybridized carbons (Fsp3) is 0.500. The van der Waals surface area contributed by atoms with E-state index >= 15 is 0 Å². The number of nitrogens with zero attached hydrogens (tertiary/aromatic N) is 4. The lowest BCUT2D eigenvalue weighted by atomic mass is 9.98. The molecule has 0 spiro atoms. The minimum Gasteiger partial charge on any atom is -0.465 e. The number of ether oxygens (including phenoxy) is 2. The van der Waals surface area contributed by atoms with Crippen LogP contribution >= 0.6 is 7.60 Å². The Labute approximate surface area is 355 Å². The van der Waals surface area contributed by atoms with Gasteiger partial charge in [-0.3, -0.25) is 28.7 Å². The predicted octanol–water partition coefficient (Wildman–Crippen LogP) is 5.18. The Morgan fingerprint density at radius 2 is 1.52 bits per heavy atom. The maximum absolute atomic E-state index is 13.6. The van der Waals surface area contributed by atoms with Crippen molar-refractivity contribution < 1.29 is 42.3 Å². The van der Waals surface area contributed by atoms with Crippen molar-refractivity contribution in [1.82, 2.24) is 35.1 Å². The van der Waals surface area contributed by atoms with Crippen LogP contribution in [0.25, 0.3) is 22.3 Å². The maximum Gasteiger partial charge on any atom is 0.407 e. The molecule has 4 aromatic rings. The number of carbonyl (C=O) groups is 4. The largest absolute Gasteiger partial charge is 0.465 e. The van der Waals surface area contributed by atoms with Gasteiger partial charge in [0.05, 0.1) is 30.3 Å². The summed E-state index contributed by atoms with van der Waals surface area (Å²) in [7, 11) is -3.57. The van der Waals surface area contributed by atoms with Gasteiger partial charge in [0.15, 0.2) is 11.2 Å². The van der Waals surface area contributed by atoms with Crippen molar-refractivity contribution in [1.29, 1.82) is 0 Å². The first-order chi connectivity index (χ1) is 28.8. The average molecular weight is 865 g/mol. The molecule has 0 bridgehead atoms. The number of rotatable bonds is 20. The molecule has 0 saturated carbocycles. The molecule has 0 radical (unpaired) electrons. The summed E-state index contributed by atoms with van der Waals surface area (Å²) in [6.45, 7) is 12.3. The number of aromatic nitrogens is 4. The van der Waals surface area contributed by atoms with Crippen LogP contribution < -0.4 is 21.5 Å². The van der Waals surface area contributed by atoms with E-state index in [1.54, 1.807) is 48.5 Å². The second-order valence-corrected chi connectivity index (χ2v) is 18.5. The highest BCUT2D eigenvalue weighted by Crippen LogP contribution is 2.54. The van der Waals surface area contributed by atoms with Crippen LogP contribution in [0.3, 0.4) is 0 Å². The zero-order valence-corrected chi connectivity index (χ0v) is 36.8. The van der Waals surface area contributed by atoms with Crippen LogP contribution in [0.5, 0.6) is 0 Å². The van der Waals surface area contributed by atoms with Crippen LogP contribution in [0, 0.1) is 0 Å². The molecule has 1 aliphatic rings. The highest BCUT2D eigenvalue weighted by Gasteiger charge is 2.35. The van der Waals surface area contributed by atoms with E-state index in [2.05, 4.69) is 30.9 Å². The van der Waals surface area contributed by atoms with Gasteiger partial charge < -0.3 is 43.9 Å². The summed E-state index contributed by atoms with van der Waals surface area (Å²) < 4.78 is 37.0. The number of benzene rings is 2. The van der Waals surface area contributed by atoms with Crippen molar-refractivity contribution in [3.63, 3.8) is 0 Å². The minimum atomic E-state index is -3.57. The zero-order valence-electron chi connectivity index (χ0n) is 35.9. The van der Waals surface area contributed by atoms with Crippen molar-refractivity contribution >= 4 is 48.6 Å². The summed E-state index contributed by atoms with van der Waals surface area (Å²) in [4.78, 5) is 76.9. The number of carbonyl (C=O) groups excluding carboxylic acids is 4. The third-order valence-corrected chi connectivity index (χ3v) is 11.6. The number of fused-ring (bicyclic) bond motifs is 4. The van der Waals surface area contributed by atoms with E-state index in [1.165, 1.54) is 15.8 Å². The lowest BCUT2D eigenvalue weighted by molar-refractivity contribution is -0.149. The molecule has 0 fully saturated rings. The Balaban J connectivity index is 1.12. The van der Waals surface area contributed by atoms with Gasteiger partial charge in [0.25, 0.3) is 5.56 Å². The van der Waals surface area contributed by atoms with Gasteiger partial charge in [0.2, 0.25) is 17.8 Å². The first-order valence-electron chi connectivity index (χ1n) is 20.3. The van der Waals surface area contributed by atoms with E-state index in [4.69, 9.17) is 18.5 Å². The van der Waals surface area contributed by atoms with E-state index in [0.717, 1.165) is 22.3 Å². The summed E-state index contributed by atoms with van der Waals surface area (Å²) in [5.74, 6) is -1.47. The number of hydrogen-bond acceptors (Lipinski definition) is 13. The molecule has 3 amide bonds. The Morgan fingerprint density at radius 3 is 2.15 bits per heavy atom. The normalized spacial score (nSPS) is 12.7. The molecule has 0 aliphatic heterocycles. The predicted molar refractivity (Wildman–Crippen MR) is 229 cm³/mol. The fourth-order valence-corrected chi connectivity index (χ4v) is 9.16. The second-order valence-electron chi connectivity index (χ2n) is 16.5. The van der Waals surface area contributed by atoms with E-state index < -0.39 is 42.3 Å². The van der Waals surface area contributed by atoms with Crippen LogP contribution in [-0.4, -0.2) is 112 Å². The Bertz CT molecular complexity index is 2230. The summed E-state index contributed by atoms with van der Waals surface area (Å²) in [6, 6.07) is 16.0. The number of aromatic amines is 1. The molecule has 18 nitrogen and oxygen atoms in total. The van der Waals surface area contributed by atoms with Gasteiger partial charge >= 0.3 is 19.7 Å². The molecular weight excluding hydrogens is 807 g/mol. The first kappa shape index (κ1) is 46.5. The molecular formula is C42H57N8O10P. The van der Waals surface area contributed by atoms with Crippen LogP contribution in [0.2, 0.25) is 0 Å². The van der Waals surface area contributed by atoms with Crippen LogP contribution in [-0.2, 0) is 44.0 Å². The van der Waals surface area contributed by atoms with Crippen molar-refractivity contribution in [2.24, 2.45) is 0 Å². The lowest BCUT2D eigenvalue weighted by Crippen LogP contribution is -2.43. The fourth-order valence-electron chi connectivity index (χ4n) is 6.79. The number of esters is 1. The molecule has 2 aromatic heterocycles. The molecule has 0 saturated heterocycles. The third kappa shape index (κ3) is 13.5. The van der Waals surface area contributed by atoms with E-state index in [0.29, 0.717) is 13.0 Å². The molecule has 5 rings (SSSR count). The van der Waals surface area contributed by atoms with Crippen molar-refractivity contribution in [2.45, 2.75) is 85.0 Å². The number of nitrogens with one attached hydrogen (secondary N) is 4. The van der Waals surface area contributed by atoms with E-state index in [1.807, 2.05) is 48.5 Å². The van der Waals surface area contributed by atoms with Crippen molar-refractivity contribution in [3.05, 3.63) is 76.3 Å². The Kier molecular flexibility index (Phi) is 15.5. The van der Waals surface area contributed by atoms with E-state index in [-0.39, 0.29) is 87.5 Å². The second kappa shape index (κ2) is 20.3. The first-order valence-corrected chi connectivity index (χ1v) is 22.1. The highest BCUT2D eigenvalue weighted by atomic mass is 31.2. The van der Waals surface area contributed by atoms with Crippen LogP contribution in [0.4, 0.5) is 10.7 Å². The standard InChI is InChI=1S/C42H57N8O10P/c1-8-57-35(53)25-49(22-21-45-40(55)58-26-32-30-16-11-9-14-28(30)29-15-10-12-17-31(29)32)34(52)24-50-27-46-36-37(50)47-39(48-38(36)54)44-20-13-19-43-33(51)18-23-61(56,59-41(2,3)4)60-42(5,6)7/h9-12,14-17,27,32H,8,13,18-26H2,1-7H3,(H,43,51)(H,45,55)(H2,44,47,48,54). The molecule has 2 aromatic carbocycles. The summed E-state index contributed by atoms with van der Waals surface area (Å²) in [5.41, 5.74) is 2.49. The minimum absolute atomic E-state index is 0.00245. The highest BCUT2D eigenvalue weighted by molar-refractivity contribution is 7.54. The monoisotopic (exact) mass is 864 g/mol. The zero-order chi connectivity index (χ0) is 44.4. The van der Waals surface area contributed by atoms with Gasteiger partial charge in [-0.05, 0) is 77.1 Å². The molecule has 0 unspecified atom stereocenters. The Hall–Kier alpha value is -5.58. The van der Waals surface area contributed by atoms with E-state index in [9.17, 15) is 28.5 Å². The van der Waals surface area contributed by atoms with Gasteiger partial charge in [0, 0.05) is 38.5 Å². The van der Waals surface area contributed by atoms with Gasteiger partial charge in [-0.2, -0.15) is 4.98 Å². The molecule has 4 N–H and O–H groups in total. The van der Waals surface area contributed by atoms with Crippen LogP contribution in [0.1, 0.15) is 78.4 Å². The summed E-state index contributed by atoms with van der Waals surface area (Å²) in [5, 5.41) is 8.48. The maximum atomic E-state index is 13.6. The van der Waals surface area contributed by atoms with Crippen molar-refractivity contribution in [3.8, 4) is 11.1 Å². The lowest BCUT2D eigenvalue weighted by Gasteiger charge is -2.32. The van der Waals surface area contributed by atoms with Crippen LogP contribution in [0.15, 0.2) is 59.7 Å². The number of anilines is 1. The summed E-state index contributed by atoms with van der Waals surface area (Å²) >= 11 is 0. The third-order valence-electron chi connectivity index (χ3n) is 9.16. The smallest absolute Gasteiger partial charge is 0.407 e. The van der Waals surface area contributed by atoms with Gasteiger partial charge in [-0.25, -0.2) is 9.78 Å². The average Bonchev–Trinajstić information content (AvgIpc) is 3.73. The molecule has 61 heavy (non-hydrogen) atoms. The number of amides is 3. The molecule has 1 aliphatic carbocycles. The van der Waals surface area contributed by atoms with Crippen molar-refractivity contribution in [2.75, 3.05) is 57.4 Å².